The third-order valence-corrected chi connectivity index (χ3v) is 6.42. The molecule has 0 fully saturated rings. The minimum atomic E-state index is -0.267. The summed E-state index contributed by atoms with van der Waals surface area (Å²) in [6.07, 6.45) is 3.10. The molecule has 0 aliphatic carbocycles. The maximum atomic E-state index is 12.3. The van der Waals surface area contributed by atoms with Crippen LogP contribution in [-0.4, -0.2) is 72.0 Å². The van der Waals surface area contributed by atoms with Gasteiger partial charge in [0, 0.05) is 48.5 Å². The minimum absolute atomic E-state index is 0.168. The number of carbonyl (C=O) groups excluding carboxylic acids is 1. The van der Waals surface area contributed by atoms with Gasteiger partial charge >= 0.3 is 0 Å². The summed E-state index contributed by atoms with van der Waals surface area (Å²) in [6.45, 7) is 11.1. The molecule has 1 unspecified atom stereocenters. The van der Waals surface area contributed by atoms with E-state index in [4.69, 9.17) is 22.1 Å². The molecule has 1 atom stereocenters. The number of hydrogen-bond donors (Lipinski definition) is 2. The fraction of sp³-hybridized carbons (Fsp3) is 0.357. The van der Waals surface area contributed by atoms with E-state index in [9.17, 15) is 4.79 Å². The molecule has 1 aromatic carbocycles. The molecule has 0 radical (unpaired) electrons. The zero-order valence-corrected chi connectivity index (χ0v) is 23.8. The fourth-order valence-electron chi connectivity index (χ4n) is 4.21. The van der Waals surface area contributed by atoms with Crippen molar-refractivity contribution < 1.29 is 9.53 Å². The molecule has 0 aliphatic heterocycles. The predicted octanol–water partition coefficient (Wildman–Crippen LogP) is 4.93. The Morgan fingerprint density at radius 2 is 1.92 bits per heavy atom. The molecular formula is C28H36ClN7O2. The third kappa shape index (κ3) is 6.23. The predicted molar refractivity (Wildman–Crippen MR) is 155 cm³/mol. The molecule has 0 saturated heterocycles. The Hall–Kier alpha value is -3.69. The average Bonchev–Trinajstić information content (AvgIpc) is 2.85. The van der Waals surface area contributed by atoms with E-state index in [1.807, 2.05) is 51.9 Å². The topological polar surface area (TPSA) is 109 Å². The highest BCUT2D eigenvalue weighted by atomic mass is 35.5. The molecule has 1 amide bonds. The summed E-state index contributed by atoms with van der Waals surface area (Å²) in [5, 5.41) is 4.05. The normalized spacial score (nSPS) is 11.8. The van der Waals surface area contributed by atoms with Crippen LogP contribution in [0.3, 0.4) is 0 Å². The number of carbonyl (C=O) groups is 1. The SMILES string of the molecule is C=C(CN(C)C)c1c(N)ncnc1NC(C)c1cc(Cl)c(C)c(-c2ccc(C(=O)N(C)C)nc2)c1OCC. The highest BCUT2D eigenvalue weighted by Crippen LogP contribution is 2.43. The van der Waals surface area contributed by atoms with Gasteiger partial charge in [-0.3, -0.25) is 9.78 Å². The molecule has 0 saturated carbocycles. The van der Waals surface area contributed by atoms with Gasteiger partial charge in [-0.25, -0.2) is 9.97 Å². The lowest BCUT2D eigenvalue weighted by Gasteiger charge is -2.25. The Morgan fingerprint density at radius 1 is 1.21 bits per heavy atom. The van der Waals surface area contributed by atoms with Gasteiger partial charge in [0.1, 0.15) is 29.4 Å². The molecule has 3 aromatic rings. The lowest BCUT2D eigenvalue weighted by Crippen LogP contribution is -2.22. The van der Waals surface area contributed by atoms with E-state index in [2.05, 4.69) is 26.8 Å². The van der Waals surface area contributed by atoms with Crippen LogP contribution in [0.25, 0.3) is 16.7 Å². The van der Waals surface area contributed by atoms with Gasteiger partial charge in [-0.2, -0.15) is 0 Å². The number of anilines is 2. The summed E-state index contributed by atoms with van der Waals surface area (Å²) in [5.41, 5.74) is 11.4. The number of aromatic nitrogens is 3. The molecule has 38 heavy (non-hydrogen) atoms. The number of nitrogen functional groups attached to an aromatic ring is 1. The van der Waals surface area contributed by atoms with Gasteiger partial charge in [0.2, 0.25) is 0 Å². The molecule has 9 nitrogen and oxygen atoms in total. The molecule has 0 bridgehead atoms. The van der Waals surface area contributed by atoms with Crippen LogP contribution in [0.4, 0.5) is 11.6 Å². The van der Waals surface area contributed by atoms with Crippen LogP contribution in [0.2, 0.25) is 5.02 Å². The maximum Gasteiger partial charge on any atom is 0.271 e. The monoisotopic (exact) mass is 537 g/mol. The summed E-state index contributed by atoms with van der Waals surface area (Å²) >= 11 is 6.75. The van der Waals surface area contributed by atoms with E-state index in [-0.39, 0.29) is 11.9 Å². The zero-order valence-electron chi connectivity index (χ0n) is 23.1. The summed E-state index contributed by atoms with van der Waals surface area (Å²) in [6, 6.07) is 5.21. The van der Waals surface area contributed by atoms with Crippen molar-refractivity contribution in [1.82, 2.24) is 24.8 Å². The van der Waals surface area contributed by atoms with E-state index < -0.39 is 0 Å². The van der Waals surface area contributed by atoms with Crippen LogP contribution >= 0.6 is 11.6 Å². The van der Waals surface area contributed by atoms with Crippen LogP contribution < -0.4 is 15.8 Å². The number of rotatable bonds is 10. The largest absolute Gasteiger partial charge is 0.493 e. The first kappa shape index (κ1) is 28.9. The highest BCUT2D eigenvalue weighted by molar-refractivity contribution is 6.32. The summed E-state index contributed by atoms with van der Waals surface area (Å²) in [5.74, 6) is 1.44. The Bertz CT molecular complexity index is 1320. The van der Waals surface area contributed by atoms with Crippen molar-refractivity contribution in [1.29, 1.82) is 0 Å². The van der Waals surface area contributed by atoms with Crippen molar-refractivity contribution >= 4 is 34.7 Å². The number of halogens is 1. The smallest absolute Gasteiger partial charge is 0.271 e. The summed E-state index contributed by atoms with van der Waals surface area (Å²) in [7, 11) is 7.31. The molecule has 0 aliphatic rings. The fourth-order valence-corrected chi connectivity index (χ4v) is 4.42. The molecule has 3 N–H and O–H groups in total. The second-order valence-electron chi connectivity index (χ2n) is 9.53. The highest BCUT2D eigenvalue weighted by Gasteiger charge is 2.24. The van der Waals surface area contributed by atoms with E-state index >= 15 is 0 Å². The van der Waals surface area contributed by atoms with Gasteiger partial charge in [-0.15, -0.1) is 0 Å². The first-order valence-corrected chi connectivity index (χ1v) is 12.7. The van der Waals surface area contributed by atoms with Gasteiger partial charge in [0.05, 0.1) is 18.2 Å². The number of nitrogens with zero attached hydrogens (tertiary/aromatic N) is 5. The van der Waals surface area contributed by atoms with Crippen molar-refractivity contribution in [2.24, 2.45) is 0 Å². The van der Waals surface area contributed by atoms with Crippen LogP contribution in [0.1, 0.15) is 47.1 Å². The van der Waals surface area contributed by atoms with Crippen molar-refractivity contribution in [3.8, 4) is 16.9 Å². The molecule has 10 heteroatoms. The molecule has 202 valence electrons. The first-order chi connectivity index (χ1) is 18.0. The Kier molecular flexibility index (Phi) is 9.30. The zero-order chi connectivity index (χ0) is 28.1. The van der Waals surface area contributed by atoms with Crippen molar-refractivity contribution in [3.05, 3.63) is 64.7 Å². The van der Waals surface area contributed by atoms with Crippen LogP contribution in [0.15, 0.2) is 37.3 Å². The quantitative estimate of drug-likeness (QED) is 0.374. The van der Waals surface area contributed by atoms with E-state index in [0.29, 0.717) is 46.8 Å². The standard InChI is InChI=1S/C28H36ClN7O2/c1-9-38-25-20(18(4)34-27-23(16(2)14-35(5)6)26(30)32-15-33-27)12-21(29)17(3)24(25)19-10-11-22(31-13-19)28(37)36(7)8/h10-13,15,18H,2,9,14H2,1,3-8H3,(H3,30,32,33,34). The van der Waals surface area contributed by atoms with Gasteiger partial charge < -0.3 is 25.6 Å². The second-order valence-corrected chi connectivity index (χ2v) is 9.94. The van der Waals surface area contributed by atoms with Crippen molar-refractivity contribution in [3.63, 3.8) is 0 Å². The number of hydrogen-bond acceptors (Lipinski definition) is 8. The Balaban J connectivity index is 2.09. The van der Waals surface area contributed by atoms with Gasteiger partial charge in [0.15, 0.2) is 0 Å². The molecular weight excluding hydrogens is 502 g/mol. The second kappa shape index (κ2) is 12.2. The number of nitrogens with two attached hydrogens (primary N) is 1. The number of nitrogens with one attached hydrogen (secondary N) is 1. The maximum absolute atomic E-state index is 12.3. The number of likely N-dealkylation sites (N-methyl/N-ethyl adjacent to an activating group) is 1. The van der Waals surface area contributed by atoms with Crippen LogP contribution in [0, 0.1) is 6.92 Å². The van der Waals surface area contributed by atoms with Gasteiger partial charge in [0.25, 0.3) is 5.91 Å². The van der Waals surface area contributed by atoms with E-state index in [1.54, 1.807) is 26.4 Å². The van der Waals surface area contributed by atoms with Crippen molar-refractivity contribution in [2.45, 2.75) is 26.8 Å². The first-order valence-electron chi connectivity index (χ1n) is 12.3. The number of pyridine rings is 1. The minimum Gasteiger partial charge on any atom is -0.493 e. The Labute approximate surface area is 229 Å². The number of ether oxygens (including phenoxy) is 1. The average molecular weight is 538 g/mol. The molecule has 2 heterocycles. The number of benzene rings is 1. The molecule has 2 aromatic heterocycles. The third-order valence-electron chi connectivity index (χ3n) is 6.03. The van der Waals surface area contributed by atoms with E-state index in [1.165, 1.54) is 11.2 Å². The summed E-state index contributed by atoms with van der Waals surface area (Å²) < 4.78 is 6.20. The van der Waals surface area contributed by atoms with Gasteiger partial charge in [-0.1, -0.05) is 24.2 Å². The van der Waals surface area contributed by atoms with Gasteiger partial charge in [-0.05, 0) is 58.1 Å². The van der Waals surface area contributed by atoms with Crippen LogP contribution in [0.5, 0.6) is 5.75 Å². The molecule has 3 rings (SSSR count). The number of amides is 1. The van der Waals surface area contributed by atoms with Crippen molar-refractivity contribution in [2.75, 3.05) is 52.4 Å². The van der Waals surface area contributed by atoms with E-state index in [0.717, 1.165) is 27.8 Å². The molecule has 0 spiro atoms. The lowest BCUT2D eigenvalue weighted by molar-refractivity contribution is 0.0822. The lowest BCUT2D eigenvalue weighted by atomic mass is 9.94. The Morgan fingerprint density at radius 3 is 2.50 bits per heavy atom. The summed E-state index contributed by atoms with van der Waals surface area (Å²) in [4.78, 5) is 28.9. The van der Waals surface area contributed by atoms with Crippen LogP contribution in [-0.2, 0) is 0 Å².